The molecule has 0 bridgehead atoms. The number of aromatic nitrogens is 1. The second kappa shape index (κ2) is 4.72. The highest BCUT2D eigenvalue weighted by molar-refractivity contribution is 6.06. The van der Waals surface area contributed by atoms with Crippen molar-refractivity contribution < 1.29 is 13.2 Å². The van der Waals surface area contributed by atoms with Gasteiger partial charge in [-0.25, -0.2) is 0 Å². The van der Waals surface area contributed by atoms with Gasteiger partial charge in [-0.1, -0.05) is 50.2 Å². The molecule has 0 atom stereocenters. The Morgan fingerprint density at radius 2 is 1.67 bits per heavy atom. The van der Waals surface area contributed by atoms with Crippen molar-refractivity contribution in [2.75, 3.05) is 0 Å². The van der Waals surface area contributed by atoms with Crippen molar-refractivity contribution in [1.29, 1.82) is 0 Å². The van der Waals surface area contributed by atoms with Crippen molar-refractivity contribution in [3.63, 3.8) is 0 Å². The van der Waals surface area contributed by atoms with Crippen molar-refractivity contribution in [3.8, 4) is 0 Å². The fourth-order valence-electron chi connectivity index (χ4n) is 2.51. The lowest BCUT2D eigenvalue weighted by atomic mass is 9.99. The molecule has 0 spiro atoms. The van der Waals surface area contributed by atoms with Crippen LogP contribution in [0, 0.1) is 0 Å². The van der Waals surface area contributed by atoms with E-state index < -0.39 is 11.7 Å². The van der Waals surface area contributed by atoms with Gasteiger partial charge in [0.25, 0.3) is 0 Å². The second-order valence-corrected chi connectivity index (χ2v) is 5.43. The molecule has 0 radical (unpaired) electrons. The van der Waals surface area contributed by atoms with Crippen LogP contribution in [0.4, 0.5) is 13.2 Å². The van der Waals surface area contributed by atoms with Gasteiger partial charge in [-0.3, -0.25) is 4.98 Å². The van der Waals surface area contributed by atoms with Gasteiger partial charge in [0.05, 0.1) is 11.1 Å². The number of nitrogens with zero attached hydrogens (tertiary/aromatic N) is 1. The summed E-state index contributed by atoms with van der Waals surface area (Å²) in [6.07, 6.45) is -4.38. The number of hydrogen-bond donors (Lipinski definition) is 0. The van der Waals surface area contributed by atoms with E-state index in [1.54, 1.807) is 6.07 Å². The molecule has 1 aromatic heterocycles. The lowest BCUT2D eigenvalue weighted by Gasteiger charge is -2.15. The minimum Gasteiger partial charge on any atom is -0.252 e. The predicted molar refractivity (Wildman–Crippen MR) is 78.3 cm³/mol. The van der Waals surface area contributed by atoms with Crippen molar-refractivity contribution in [2.24, 2.45) is 0 Å². The minimum absolute atomic E-state index is 0.0607. The molecule has 1 heterocycles. The summed E-state index contributed by atoms with van der Waals surface area (Å²) in [4.78, 5) is 4.48. The van der Waals surface area contributed by atoms with Gasteiger partial charge in [-0.05, 0) is 17.4 Å². The van der Waals surface area contributed by atoms with Gasteiger partial charge < -0.3 is 0 Å². The molecule has 3 aromatic rings. The van der Waals surface area contributed by atoms with Crippen LogP contribution in [0.5, 0.6) is 0 Å². The third-order valence-electron chi connectivity index (χ3n) is 3.62. The van der Waals surface area contributed by atoms with Crippen LogP contribution in [0.15, 0.2) is 42.5 Å². The van der Waals surface area contributed by atoms with E-state index in [2.05, 4.69) is 4.98 Å². The smallest absolute Gasteiger partial charge is 0.252 e. The Kier molecular flexibility index (Phi) is 3.12. The fraction of sp³-hybridized carbons (Fsp3) is 0.235. The van der Waals surface area contributed by atoms with Crippen LogP contribution in [-0.2, 0) is 6.18 Å². The van der Waals surface area contributed by atoms with Crippen LogP contribution in [0.3, 0.4) is 0 Å². The summed E-state index contributed by atoms with van der Waals surface area (Å²) in [6, 6.07) is 11.8. The van der Waals surface area contributed by atoms with Gasteiger partial charge in [0.1, 0.15) is 0 Å². The molecule has 0 unspecified atom stereocenters. The minimum atomic E-state index is -4.38. The number of rotatable bonds is 1. The third-order valence-corrected chi connectivity index (χ3v) is 3.62. The highest BCUT2D eigenvalue weighted by Gasteiger charge is 2.33. The number of fused-ring (bicyclic) bond motifs is 3. The molecule has 2 aromatic carbocycles. The lowest BCUT2D eigenvalue weighted by Crippen LogP contribution is -2.09. The number of halogens is 3. The molecule has 0 aliphatic carbocycles. The van der Waals surface area contributed by atoms with E-state index in [0.29, 0.717) is 11.2 Å². The molecule has 0 aliphatic rings. The fourth-order valence-corrected chi connectivity index (χ4v) is 2.51. The molecule has 0 saturated carbocycles. The Hall–Kier alpha value is -2.10. The van der Waals surface area contributed by atoms with E-state index in [0.717, 1.165) is 10.8 Å². The quantitative estimate of drug-likeness (QED) is 0.537. The normalized spacial score (nSPS) is 12.5. The number of alkyl halides is 3. The summed E-state index contributed by atoms with van der Waals surface area (Å²) in [5, 5.41) is 1.81. The first-order valence-corrected chi connectivity index (χ1v) is 6.77. The number of pyridine rings is 1. The zero-order valence-corrected chi connectivity index (χ0v) is 11.7. The zero-order chi connectivity index (χ0) is 15.2. The molecule has 21 heavy (non-hydrogen) atoms. The Morgan fingerprint density at radius 3 is 2.33 bits per heavy atom. The van der Waals surface area contributed by atoms with Crippen molar-refractivity contribution >= 4 is 21.7 Å². The molecule has 0 amide bonds. The highest BCUT2D eigenvalue weighted by atomic mass is 19.4. The van der Waals surface area contributed by atoms with E-state index in [-0.39, 0.29) is 11.3 Å². The molecule has 0 fully saturated rings. The summed E-state index contributed by atoms with van der Waals surface area (Å²) >= 11 is 0. The molecular formula is C17H14F3N. The van der Waals surface area contributed by atoms with Crippen LogP contribution in [0.25, 0.3) is 21.7 Å². The summed E-state index contributed by atoms with van der Waals surface area (Å²) in [7, 11) is 0. The molecule has 0 saturated heterocycles. The molecule has 0 aliphatic heterocycles. The first-order valence-electron chi connectivity index (χ1n) is 6.77. The average molecular weight is 289 g/mol. The lowest BCUT2D eigenvalue weighted by molar-refractivity contribution is -0.136. The monoisotopic (exact) mass is 289 g/mol. The maximum atomic E-state index is 13.3. The maximum absolute atomic E-state index is 13.3. The van der Waals surface area contributed by atoms with Crippen LogP contribution in [0.2, 0.25) is 0 Å². The Balaban J connectivity index is 2.49. The summed E-state index contributed by atoms with van der Waals surface area (Å²) < 4.78 is 40.0. The number of hydrogen-bond acceptors (Lipinski definition) is 1. The Bertz CT molecular complexity index is 819. The maximum Gasteiger partial charge on any atom is 0.417 e. The van der Waals surface area contributed by atoms with E-state index in [4.69, 9.17) is 0 Å². The van der Waals surface area contributed by atoms with E-state index >= 15 is 0 Å². The standard InChI is InChI=1S/C17H14F3N/c1-10(2)15-9-14(17(18,19)20)13-8-7-11-5-3-4-6-12(11)16(13)21-15/h3-10H,1-2H3. The first-order chi connectivity index (χ1) is 9.88. The Morgan fingerprint density at radius 1 is 0.952 bits per heavy atom. The zero-order valence-electron chi connectivity index (χ0n) is 11.7. The molecule has 0 N–H and O–H groups in total. The molecule has 1 nitrogen and oxygen atoms in total. The third kappa shape index (κ3) is 2.35. The molecular weight excluding hydrogens is 275 g/mol. The van der Waals surface area contributed by atoms with Gasteiger partial charge in [-0.15, -0.1) is 0 Å². The summed E-state index contributed by atoms with van der Waals surface area (Å²) in [5.41, 5.74) is 0.278. The largest absolute Gasteiger partial charge is 0.417 e. The Labute approximate surface area is 120 Å². The van der Waals surface area contributed by atoms with Gasteiger partial charge in [0.15, 0.2) is 0 Å². The predicted octanol–water partition coefficient (Wildman–Crippen LogP) is 5.53. The number of benzene rings is 2. The first kappa shape index (κ1) is 13.9. The highest BCUT2D eigenvalue weighted by Crippen LogP contribution is 2.37. The van der Waals surface area contributed by atoms with Crippen LogP contribution < -0.4 is 0 Å². The van der Waals surface area contributed by atoms with Crippen molar-refractivity contribution in [1.82, 2.24) is 4.98 Å². The van der Waals surface area contributed by atoms with Crippen LogP contribution in [0.1, 0.15) is 31.0 Å². The van der Waals surface area contributed by atoms with Gasteiger partial charge in [0.2, 0.25) is 0 Å². The van der Waals surface area contributed by atoms with E-state index in [1.807, 2.05) is 38.1 Å². The van der Waals surface area contributed by atoms with Gasteiger partial charge in [-0.2, -0.15) is 13.2 Å². The van der Waals surface area contributed by atoms with Crippen molar-refractivity contribution in [2.45, 2.75) is 25.9 Å². The molecule has 108 valence electrons. The van der Waals surface area contributed by atoms with Gasteiger partial charge in [0, 0.05) is 16.5 Å². The molecule has 3 rings (SSSR count). The van der Waals surface area contributed by atoms with Crippen LogP contribution in [-0.4, -0.2) is 4.98 Å². The van der Waals surface area contributed by atoms with E-state index in [9.17, 15) is 13.2 Å². The second-order valence-electron chi connectivity index (χ2n) is 5.43. The molecule has 4 heteroatoms. The summed E-state index contributed by atoms with van der Waals surface area (Å²) in [5.74, 6) is -0.0607. The van der Waals surface area contributed by atoms with Crippen molar-refractivity contribution in [3.05, 3.63) is 53.7 Å². The topological polar surface area (TPSA) is 12.9 Å². The summed E-state index contributed by atoms with van der Waals surface area (Å²) in [6.45, 7) is 3.69. The average Bonchev–Trinajstić information content (AvgIpc) is 2.44. The van der Waals surface area contributed by atoms with Crippen LogP contribution >= 0.6 is 0 Å². The van der Waals surface area contributed by atoms with E-state index in [1.165, 1.54) is 12.1 Å². The SMILES string of the molecule is CC(C)c1cc(C(F)(F)F)c2ccc3ccccc3c2n1. The van der Waals surface area contributed by atoms with Gasteiger partial charge >= 0.3 is 6.18 Å².